The second-order valence-electron chi connectivity index (χ2n) is 4.16. The molecular weight excluding hydrogens is 388 g/mol. The average Bonchev–Trinajstić information content (AvgIpc) is 2.43. The zero-order valence-electron chi connectivity index (χ0n) is 10.5. The van der Waals surface area contributed by atoms with Crippen molar-refractivity contribution in [3.63, 3.8) is 0 Å². The van der Waals surface area contributed by atoms with Crippen LogP contribution in [-0.2, 0) is 11.2 Å². The molecule has 0 saturated carbocycles. The van der Waals surface area contributed by atoms with E-state index in [-0.39, 0.29) is 6.42 Å². The summed E-state index contributed by atoms with van der Waals surface area (Å²) < 4.78 is 7.61. The molecule has 0 radical (unpaired) electrons. The van der Waals surface area contributed by atoms with Crippen molar-refractivity contribution in [3.05, 3.63) is 57.0 Å². The lowest BCUT2D eigenvalue weighted by Gasteiger charge is -2.12. The van der Waals surface area contributed by atoms with E-state index in [1.165, 1.54) is 0 Å². The molecular formula is C15H12Br2O3. The quantitative estimate of drug-likeness (QED) is 0.767. The van der Waals surface area contributed by atoms with Gasteiger partial charge in [-0.3, -0.25) is 4.79 Å². The minimum atomic E-state index is -0.816. The van der Waals surface area contributed by atoms with Crippen molar-refractivity contribution in [2.24, 2.45) is 0 Å². The van der Waals surface area contributed by atoms with Gasteiger partial charge in [-0.1, -0.05) is 24.3 Å². The molecule has 20 heavy (non-hydrogen) atoms. The molecule has 2 aromatic rings. The Morgan fingerprint density at radius 2 is 1.75 bits per heavy atom. The largest absolute Gasteiger partial charge is 0.481 e. The van der Waals surface area contributed by atoms with Gasteiger partial charge >= 0.3 is 5.97 Å². The lowest BCUT2D eigenvalue weighted by atomic mass is 10.1. The van der Waals surface area contributed by atoms with Crippen LogP contribution >= 0.6 is 31.9 Å². The number of rotatable bonds is 5. The molecule has 0 bridgehead atoms. The maximum Gasteiger partial charge on any atom is 0.303 e. The molecule has 0 spiro atoms. The monoisotopic (exact) mass is 398 g/mol. The first kappa shape index (κ1) is 15.1. The topological polar surface area (TPSA) is 46.5 Å². The number of hydrogen-bond acceptors (Lipinski definition) is 2. The predicted molar refractivity (Wildman–Crippen MR) is 84.3 cm³/mol. The SMILES string of the molecule is O=C(O)CCc1ccccc1Oc1cccc(Br)c1Br. The van der Waals surface area contributed by atoms with Gasteiger partial charge in [0.2, 0.25) is 0 Å². The van der Waals surface area contributed by atoms with Gasteiger partial charge < -0.3 is 9.84 Å². The molecule has 0 amide bonds. The summed E-state index contributed by atoms with van der Waals surface area (Å²) >= 11 is 6.88. The van der Waals surface area contributed by atoms with Crippen LogP contribution in [-0.4, -0.2) is 11.1 Å². The van der Waals surface area contributed by atoms with Crippen LogP contribution in [0.1, 0.15) is 12.0 Å². The lowest BCUT2D eigenvalue weighted by Crippen LogP contribution is -1.99. The van der Waals surface area contributed by atoms with E-state index in [1.54, 1.807) is 0 Å². The Hall–Kier alpha value is -1.33. The third kappa shape index (κ3) is 3.84. The third-order valence-corrected chi connectivity index (χ3v) is 4.73. The van der Waals surface area contributed by atoms with Gasteiger partial charge in [0.15, 0.2) is 0 Å². The molecule has 104 valence electrons. The number of hydrogen-bond donors (Lipinski definition) is 1. The molecule has 0 heterocycles. The molecule has 1 N–H and O–H groups in total. The number of carboxylic acid groups (broad SMARTS) is 1. The van der Waals surface area contributed by atoms with Gasteiger partial charge in [-0.15, -0.1) is 0 Å². The van der Waals surface area contributed by atoms with Crippen molar-refractivity contribution in [3.8, 4) is 11.5 Å². The van der Waals surface area contributed by atoms with Crippen LogP contribution < -0.4 is 4.74 Å². The van der Waals surface area contributed by atoms with Crippen LogP contribution in [0.15, 0.2) is 51.4 Å². The smallest absolute Gasteiger partial charge is 0.303 e. The molecule has 3 nitrogen and oxygen atoms in total. The Kier molecular flexibility index (Phi) is 5.20. The van der Waals surface area contributed by atoms with E-state index < -0.39 is 5.97 Å². The Bertz CT molecular complexity index is 626. The Morgan fingerprint density at radius 1 is 1.05 bits per heavy atom. The molecule has 2 aromatic carbocycles. The Balaban J connectivity index is 2.24. The van der Waals surface area contributed by atoms with E-state index in [0.717, 1.165) is 14.5 Å². The molecule has 0 aliphatic carbocycles. The average molecular weight is 400 g/mol. The van der Waals surface area contributed by atoms with Crippen LogP contribution in [0.2, 0.25) is 0 Å². The van der Waals surface area contributed by atoms with Gasteiger partial charge in [-0.2, -0.15) is 0 Å². The summed E-state index contributed by atoms with van der Waals surface area (Å²) in [5.41, 5.74) is 0.877. The fourth-order valence-corrected chi connectivity index (χ4v) is 2.43. The van der Waals surface area contributed by atoms with Crippen molar-refractivity contribution >= 4 is 37.8 Å². The highest BCUT2D eigenvalue weighted by Crippen LogP contribution is 2.36. The number of ether oxygens (including phenoxy) is 1. The zero-order chi connectivity index (χ0) is 14.5. The highest BCUT2D eigenvalue weighted by Gasteiger charge is 2.10. The zero-order valence-corrected chi connectivity index (χ0v) is 13.6. The molecule has 0 aliphatic heterocycles. The first-order valence-corrected chi connectivity index (χ1v) is 7.58. The van der Waals surface area contributed by atoms with E-state index in [1.807, 2.05) is 42.5 Å². The number of benzene rings is 2. The van der Waals surface area contributed by atoms with E-state index in [0.29, 0.717) is 17.9 Å². The number of aryl methyl sites for hydroxylation is 1. The van der Waals surface area contributed by atoms with Crippen molar-refractivity contribution in [2.45, 2.75) is 12.8 Å². The van der Waals surface area contributed by atoms with Gasteiger partial charge in [0.1, 0.15) is 11.5 Å². The number of carbonyl (C=O) groups is 1. The Morgan fingerprint density at radius 3 is 2.50 bits per heavy atom. The molecule has 5 heteroatoms. The van der Waals surface area contributed by atoms with Crippen molar-refractivity contribution < 1.29 is 14.6 Å². The lowest BCUT2D eigenvalue weighted by molar-refractivity contribution is -0.136. The summed E-state index contributed by atoms with van der Waals surface area (Å²) in [6.45, 7) is 0. The number of aliphatic carboxylic acids is 1. The van der Waals surface area contributed by atoms with Crippen LogP contribution in [0.5, 0.6) is 11.5 Å². The molecule has 0 aliphatic rings. The van der Waals surface area contributed by atoms with Gasteiger partial charge in [0.05, 0.1) is 4.47 Å². The first-order chi connectivity index (χ1) is 9.58. The van der Waals surface area contributed by atoms with Crippen molar-refractivity contribution in [1.82, 2.24) is 0 Å². The highest BCUT2D eigenvalue weighted by atomic mass is 79.9. The van der Waals surface area contributed by atoms with E-state index in [4.69, 9.17) is 9.84 Å². The van der Waals surface area contributed by atoms with Crippen LogP contribution in [0.4, 0.5) is 0 Å². The summed E-state index contributed by atoms with van der Waals surface area (Å²) in [5, 5.41) is 8.78. The maximum absolute atomic E-state index is 10.7. The standard InChI is InChI=1S/C15H12Br2O3/c16-11-5-3-7-13(15(11)17)20-12-6-2-1-4-10(12)8-9-14(18)19/h1-7H,8-9H2,(H,18,19). The fourth-order valence-electron chi connectivity index (χ4n) is 1.73. The van der Waals surface area contributed by atoms with E-state index in [2.05, 4.69) is 31.9 Å². The van der Waals surface area contributed by atoms with Gasteiger partial charge in [0.25, 0.3) is 0 Å². The second kappa shape index (κ2) is 6.90. The molecule has 2 rings (SSSR count). The van der Waals surface area contributed by atoms with Crippen molar-refractivity contribution in [2.75, 3.05) is 0 Å². The van der Waals surface area contributed by atoms with E-state index in [9.17, 15) is 4.79 Å². The Labute approximate surface area is 133 Å². The van der Waals surface area contributed by atoms with Crippen LogP contribution in [0, 0.1) is 0 Å². The van der Waals surface area contributed by atoms with Crippen LogP contribution in [0.25, 0.3) is 0 Å². The highest BCUT2D eigenvalue weighted by molar-refractivity contribution is 9.13. The minimum Gasteiger partial charge on any atom is -0.481 e. The summed E-state index contributed by atoms with van der Waals surface area (Å²) in [6.07, 6.45) is 0.525. The molecule has 0 aromatic heterocycles. The summed E-state index contributed by atoms with van der Waals surface area (Å²) in [5.74, 6) is 0.540. The van der Waals surface area contributed by atoms with Crippen molar-refractivity contribution in [1.29, 1.82) is 0 Å². The predicted octanol–water partition coefficient (Wildman–Crippen LogP) is 5.02. The van der Waals surface area contributed by atoms with Gasteiger partial charge in [0, 0.05) is 10.9 Å². The molecule has 0 unspecified atom stereocenters. The summed E-state index contributed by atoms with van der Waals surface area (Å²) in [6, 6.07) is 13.1. The van der Waals surface area contributed by atoms with Crippen LogP contribution in [0.3, 0.4) is 0 Å². The maximum atomic E-state index is 10.7. The summed E-state index contributed by atoms with van der Waals surface area (Å²) in [4.78, 5) is 10.7. The normalized spacial score (nSPS) is 10.3. The number of carboxylic acids is 1. The second-order valence-corrected chi connectivity index (χ2v) is 5.80. The molecule has 0 atom stereocenters. The number of para-hydroxylation sites is 1. The number of halogens is 2. The molecule has 0 saturated heterocycles. The van der Waals surface area contributed by atoms with Gasteiger partial charge in [-0.05, 0) is 62.0 Å². The molecule has 0 fully saturated rings. The van der Waals surface area contributed by atoms with E-state index >= 15 is 0 Å². The minimum absolute atomic E-state index is 0.0834. The third-order valence-electron chi connectivity index (χ3n) is 2.72. The first-order valence-electron chi connectivity index (χ1n) is 5.99. The van der Waals surface area contributed by atoms with Gasteiger partial charge in [-0.25, -0.2) is 0 Å². The summed E-state index contributed by atoms with van der Waals surface area (Å²) in [7, 11) is 0. The fraction of sp³-hybridized carbons (Fsp3) is 0.133.